The van der Waals surface area contributed by atoms with E-state index in [4.69, 9.17) is 4.74 Å². The molecule has 1 aliphatic rings. The number of amides is 3. The molecule has 2 aromatic carbocycles. The third-order valence-electron chi connectivity index (χ3n) is 4.62. The fourth-order valence-corrected chi connectivity index (χ4v) is 3.09. The van der Waals surface area contributed by atoms with E-state index >= 15 is 0 Å². The van der Waals surface area contributed by atoms with E-state index in [9.17, 15) is 14.4 Å². The number of likely N-dealkylation sites (N-methyl/N-ethyl adjacent to an activating group) is 1. The minimum atomic E-state index is -0.434. The molecule has 0 spiro atoms. The van der Waals surface area contributed by atoms with Gasteiger partial charge < -0.3 is 20.3 Å². The van der Waals surface area contributed by atoms with Crippen LogP contribution in [0.25, 0.3) is 0 Å². The lowest BCUT2D eigenvalue weighted by atomic mass is 10.2. The van der Waals surface area contributed by atoms with Crippen molar-refractivity contribution in [3.05, 3.63) is 77.0 Å². The lowest BCUT2D eigenvalue weighted by Crippen LogP contribution is -2.35. The number of rotatable bonds is 4. The van der Waals surface area contributed by atoms with Crippen LogP contribution in [0.2, 0.25) is 0 Å². The second-order valence-electron chi connectivity index (χ2n) is 6.73. The van der Waals surface area contributed by atoms with Crippen LogP contribution in [-0.4, -0.2) is 35.1 Å². The molecule has 30 heavy (non-hydrogen) atoms. The van der Waals surface area contributed by atoms with E-state index in [2.05, 4.69) is 15.6 Å². The molecule has 2 N–H and O–H groups in total. The summed E-state index contributed by atoms with van der Waals surface area (Å²) in [7, 11) is 1.66. The Hall–Kier alpha value is -4.14. The third kappa shape index (κ3) is 4.14. The van der Waals surface area contributed by atoms with E-state index in [1.54, 1.807) is 55.7 Å². The molecule has 9 heteroatoms. The molecule has 0 saturated heterocycles. The Morgan fingerprint density at radius 2 is 1.90 bits per heavy atom. The van der Waals surface area contributed by atoms with Crippen molar-refractivity contribution in [3.63, 3.8) is 0 Å². The molecule has 4 rings (SSSR count). The average Bonchev–Trinajstić information content (AvgIpc) is 2.73. The molecule has 0 unspecified atom stereocenters. The van der Waals surface area contributed by atoms with Crippen molar-refractivity contribution in [2.45, 2.75) is 6.54 Å². The van der Waals surface area contributed by atoms with Crippen LogP contribution < -0.4 is 26.0 Å². The summed E-state index contributed by atoms with van der Waals surface area (Å²) in [5.41, 5.74) is 2.19. The Bertz CT molecular complexity index is 1170. The molecule has 3 aromatic rings. The molecule has 0 atom stereocenters. The molecule has 0 radical (unpaired) electrons. The zero-order chi connectivity index (χ0) is 21.1. The number of benzene rings is 2. The first kappa shape index (κ1) is 19.2. The summed E-state index contributed by atoms with van der Waals surface area (Å²) in [5, 5.41) is 5.51. The highest BCUT2D eigenvalue weighted by Gasteiger charge is 2.22. The molecule has 3 amide bonds. The maximum absolute atomic E-state index is 12.4. The van der Waals surface area contributed by atoms with Crippen molar-refractivity contribution in [1.82, 2.24) is 9.55 Å². The molecule has 0 saturated carbocycles. The lowest BCUT2D eigenvalue weighted by Gasteiger charge is -2.26. The normalized spacial score (nSPS) is 12.7. The summed E-state index contributed by atoms with van der Waals surface area (Å²) in [4.78, 5) is 41.2. The molecule has 0 fully saturated rings. The van der Waals surface area contributed by atoms with Gasteiger partial charge in [-0.2, -0.15) is 0 Å². The maximum atomic E-state index is 12.4. The smallest absolute Gasteiger partial charge is 0.347 e. The summed E-state index contributed by atoms with van der Waals surface area (Å²) >= 11 is 0. The largest absolute Gasteiger partial charge is 0.482 e. The fraction of sp³-hybridized carbons (Fsp3) is 0.143. The van der Waals surface area contributed by atoms with Crippen molar-refractivity contribution >= 4 is 29.0 Å². The third-order valence-corrected chi connectivity index (χ3v) is 4.62. The number of aromatic nitrogens is 2. The fourth-order valence-electron chi connectivity index (χ4n) is 3.09. The first-order chi connectivity index (χ1) is 14.5. The second-order valence-corrected chi connectivity index (χ2v) is 6.73. The summed E-state index contributed by atoms with van der Waals surface area (Å²) in [6.45, 7) is 0.341. The molecule has 1 aromatic heterocycles. The molecular weight excluding hydrogens is 386 g/mol. The SMILES string of the molecule is CN1C(=O)COc2ccc(NC(=O)Nc3cccc(Cn4cccnc4=O)c3)cc21. The Kier molecular flexibility index (Phi) is 5.17. The van der Waals surface area contributed by atoms with Gasteiger partial charge in [-0.3, -0.25) is 9.36 Å². The van der Waals surface area contributed by atoms with Crippen LogP contribution in [0.4, 0.5) is 21.9 Å². The number of nitrogens with one attached hydrogen (secondary N) is 2. The molecule has 1 aliphatic heterocycles. The van der Waals surface area contributed by atoms with Gasteiger partial charge in [-0.05, 0) is 42.0 Å². The Balaban J connectivity index is 1.44. The van der Waals surface area contributed by atoms with Crippen molar-refractivity contribution in [3.8, 4) is 5.75 Å². The zero-order valence-electron chi connectivity index (χ0n) is 16.2. The minimum absolute atomic E-state index is 0.00172. The van der Waals surface area contributed by atoms with Gasteiger partial charge in [-0.15, -0.1) is 0 Å². The first-order valence-corrected chi connectivity index (χ1v) is 9.21. The summed E-state index contributed by atoms with van der Waals surface area (Å²) in [5.74, 6) is 0.426. The summed E-state index contributed by atoms with van der Waals surface area (Å²) < 4.78 is 6.86. The van der Waals surface area contributed by atoms with Crippen molar-refractivity contribution in [1.29, 1.82) is 0 Å². The number of hydrogen-bond acceptors (Lipinski definition) is 5. The van der Waals surface area contributed by atoms with E-state index < -0.39 is 6.03 Å². The first-order valence-electron chi connectivity index (χ1n) is 9.21. The van der Waals surface area contributed by atoms with Crippen LogP contribution in [0.15, 0.2) is 65.7 Å². The van der Waals surface area contributed by atoms with Crippen molar-refractivity contribution < 1.29 is 14.3 Å². The predicted octanol–water partition coefficient (Wildman–Crippen LogP) is 2.29. The van der Waals surface area contributed by atoms with E-state index in [-0.39, 0.29) is 18.2 Å². The highest BCUT2D eigenvalue weighted by molar-refractivity contribution is 6.02. The topological polar surface area (TPSA) is 106 Å². The summed E-state index contributed by atoms with van der Waals surface area (Å²) in [6.07, 6.45) is 3.10. The van der Waals surface area contributed by atoms with Crippen LogP contribution in [0.5, 0.6) is 5.75 Å². The van der Waals surface area contributed by atoms with Crippen LogP contribution in [0, 0.1) is 0 Å². The molecule has 9 nitrogen and oxygen atoms in total. The highest BCUT2D eigenvalue weighted by Crippen LogP contribution is 2.33. The van der Waals surface area contributed by atoms with Crippen LogP contribution >= 0.6 is 0 Å². The van der Waals surface area contributed by atoms with Crippen LogP contribution in [0.1, 0.15) is 5.56 Å². The van der Waals surface area contributed by atoms with Gasteiger partial charge in [0.25, 0.3) is 5.91 Å². The van der Waals surface area contributed by atoms with Crippen molar-refractivity contribution in [2.24, 2.45) is 0 Å². The van der Waals surface area contributed by atoms with E-state index in [0.717, 1.165) is 5.56 Å². The van der Waals surface area contributed by atoms with Gasteiger partial charge in [-0.1, -0.05) is 12.1 Å². The number of fused-ring (bicyclic) bond motifs is 1. The van der Waals surface area contributed by atoms with Gasteiger partial charge in [0.15, 0.2) is 6.61 Å². The minimum Gasteiger partial charge on any atom is -0.482 e. The highest BCUT2D eigenvalue weighted by atomic mass is 16.5. The summed E-state index contributed by atoms with van der Waals surface area (Å²) in [6, 6.07) is 13.5. The number of ether oxygens (including phenoxy) is 1. The quantitative estimate of drug-likeness (QED) is 0.693. The number of urea groups is 1. The number of nitrogens with zero attached hydrogens (tertiary/aromatic N) is 3. The second kappa shape index (κ2) is 8.08. The van der Waals surface area contributed by atoms with Gasteiger partial charge in [-0.25, -0.2) is 14.6 Å². The number of hydrogen-bond donors (Lipinski definition) is 2. The zero-order valence-corrected chi connectivity index (χ0v) is 16.2. The molecule has 2 heterocycles. The molecule has 0 bridgehead atoms. The average molecular weight is 405 g/mol. The van der Waals surface area contributed by atoms with Crippen LogP contribution in [0.3, 0.4) is 0 Å². The molecular formula is C21H19N5O4. The van der Waals surface area contributed by atoms with E-state index in [0.29, 0.717) is 29.4 Å². The Morgan fingerprint density at radius 1 is 1.10 bits per heavy atom. The van der Waals surface area contributed by atoms with Gasteiger partial charge in [0.1, 0.15) is 5.75 Å². The Labute approximate surface area is 171 Å². The molecule has 0 aliphatic carbocycles. The molecule has 152 valence electrons. The monoisotopic (exact) mass is 405 g/mol. The number of carbonyl (C=O) groups excluding carboxylic acids is 2. The van der Waals surface area contributed by atoms with Crippen molar-refractivity contribution in [2.75, 3.05) is 29.2 Å². The van der Waals surface area contributed by atoms with Crippen LogP contribution in [-0.2, 0) is 11.3 Å². The van der Waals surface area contributed by atoms with Gasteiger partial charge >= 0.3 is 11.7 Å². The lowest BCUT2D eigenvalue weighted by molar-refractivity contribution is -0.120. The standard InChI is InChI=1S/C21H19N5O4/c1-25-17-11-16(6-7-18(17)30-13-19(25)27)24-20(28)23-15-5-2-4-14(10-15)12-26-9-3-8-22-21(26)29/h2-11H,12-13H2,1H3,(H2,23,24,28). The van der Waals surface area contributed by atoms with E-state index in [1.165, 1.54) is 15.7 Å². The van der Waals surface area contributed by atoms with Gasteiger partial charge in [0, 0.05) is 30.8 Å². The predicted molar refractivity (Wildman–Crippen MR) is 112 cm³/mol. The Morgan fingerprint density at radius 3 is 2.70 bits per heavy atom. The van der Waals surface area contributed by atoms with Gasteiger partial charge in [0.2, 0.25) is 0 Å². The van der Waals surface area contributed by atoms with E-state index in [1.807, 2.05) is 6.07 Å². The number of carbonyl (C=O) groups is 2. The maximum Gasteiger partial charge on any atom is 0.347 e. The number of anilines is 3. The van der Waals surface area contributed by atoms with Gasteiger partial charge in [0.05, 0.1) is 12.2 Å².